The van der Waals surface area contributed by atoms with E-state index in [4.69, 9.17) is 4.74 Å². The molecule has 0 N–H and O–H groups in total. The second-order valence-electron chi connectivity index (χ2n) is 7.76. The van der Waals surface area contributed by atoms with Gasteiger partial charge in [0, 0.05) is 17.4 Å². The van der Waals surface area contributed by atoms with Crippen molar-refractivity contribution in [3.05, 3.63) is 66.0 Å². The topological polar surface area (TPSA) is 80.0 Å². The Morgan fingerprint density at radius 2 is 1.74 bits per heavy atom. The van der Waals surface area contributed by atoms with Crippen LogP contribution < -0.4 is 4.74 Å². The Hall–Kier alpha value is -3.24. The largest absolute Gasteiger partial charge is 0.476 e. The average molecular weight is 437 g/mol. The molecule has 2 aromatic carbocycles. The number of aromatic nitrogens is 1. The van der Waals surface area contributed by atoms with Gasteiger partial charge in [-0.2, -0.15) is 5.26 Å². The molecule has 1 aliphatic carbocycles. The standard InChI is InChI=1S/C24H21FN2O3S/c1-31(28,29)21-11-7-17(8-12-21)22-13-19(14-26)24(30-15-16-3-2-4-16)27-23(22)18-5-9-20(25)10-6-18/h5-13,16H,2-4,15H2,1H3. The van der Waals surface area contributed by atoms with Crippen molar-refractivity contribution in [2.45, 2.75) is 24.2 Å². The Kier molecular flexibility index (Phi) is 5.75. The third kappa shape index (κ3) is 4.59. The van der Waals surface area contributed by atoms with Crippen LogP contribution in [0.5, 0.6) is 5.88 Å². The molecule has 31 heavy (non-hydrogen) atoms. The fourth-order valence-corrected chi connectivity index (χ4v) is 4.10. The maximum atomic E-state index is 13.5. The van der Waals surface area contributed by atoms with Crippen molar-refractivity contribution in [3.8, 4) is 34.3 Å². The van der Waals surface area contributed by atoms with Crippen LogP contribution in [0.4, 0.5) is 4.39 Å². The highest BCUT2D eigenvalue weighted by Crippen LogP contribution is 2.36. The fraction of sp³-hybridized carbons (Fsp3) is 0.250. The summed E-state index contributed by atoms with van der Waals surface area (Å²) in [6.07, 6.45) is 4.56. The van der Waals surface area contributed by atoms with E-state index >= 15 is 0 Å². The van der Waals surface area contributed by atoms with Gasteiger partial charge in [0.1, 0.15) is 17.4 Å². The average Bonchev–Trinajstić information content (AvgIpc) is 2.72. The zero-order valence-electron chi connectivity index (χ0n) is 17.0. The van der Waals surface area contributed by atoms with E-state index < -0.39 is 9.84 Å². The van der Waals surface area contributed by atoms with Crippen molar-refractivity contribution in [3.63, 3.8) is 0 Å². The molecule has 0 spiro atoms. The lowest BCUT2D eigenvalue weighted by Gasteiger charge is -2.25. The van der Waals surface area contributed by atoms with Crippen LogP contribution in [0.1, 0.15) is 24.8 Å². The number of nitrogens with zero attached hydrogens (tertiary/aromatic N) is 2. The maximum Gasteiger partial charge on any atom is 0.232 e. The number of hydrogen-bond donors (Lipinski definition) is 0. The van der Waals surface area contributed by atoms with Gasteiger partial charge in [0.05, 0.1) is 17.2 Å². The van der Waals surface area contributed by atoms with Gasteiger partial charge >= 0.3 is 0 Å². The van der Waals surface area contributed by atoms with E-state index in [-0.39, 0.29) is 16.6 Å². The van der Waals surface area contributed by atoms with Crippen molar-refractivity contribution in [2.24, 2.45) is 5.92 Å². The Balaban J connectivity index is 1.82. The molecular formula is C24H21FN2O3S. The number of ether oxygens (including phenoxy) is 1. The first-order valence-corrected chi connectivity index (χ1v) is 11.9. The zero-order chi connectivity index (χ0) is 22.0. The molecule has 1 fully saturated rings. The lowest BCUT2D eigenvalue weighted by atomic mass is 9.86. The molecule has 0 aliphatic heterocycles. The summed E-state index contributed by atoms with van der Waals surface area (Å²) in [4.78, 5) is 4.84. The Morgan fingerprint density at radius 3 is 2.29 bits per heavy atom. The van der Waals surface area contributed by atoms with E-state index in [1.807, 2.05) is 0 Å². The van der Waals surface area contributed by atoms with Crippen LogP contribution in [0.2, 0.25) is 0 Å². The summed E-state index contributed by atoms with van der Waals surface area (Å²) in [6.45, 7) is 0.507. The molecule has 0 bridgehead atoms. The molecule has 7 heteroatoms. The smallest absolute Gasteiger partial charge is 0.232 e. The van der Waals surface area contributed by atoms with E-state index in [2.05, 4.69) is 11.1 Å². The van der Waals surface area contributed by atoms with Gasteiger partial charge in [-0.15, -0.1) is 0 Å². The Labute approximate surface area is 181 Å². The van der Waals surface area contributed by atoms with Crippen LogP contribution in [-0.2, 0) is 9.84 Å². The summed E-state index contributed by atoms with van der Waals surface area (Å²) >= 11 is 0. The number of halogens is 1. The van der Waals surface area contributed by atoms with Gasteiger partial charge in [-0.25, -0.2) is 17.8 Å². The van der Waals surface area contributed by atoms with Gasteiger partial charge in [0.15, 0.2) is 9.84 Å². The molecule has 0 radical (unpaired) electrons. The fourth-order valence-electron chi connectivity index (χ4n) is 3.47. The predicted octanol–water partition coefficient (Wildman–Crippen LogP) is 5.01. The minimum Gasteiger partial charge on any atom is -0.476 e. The van der Waals surface area contributed by atoms with Crippen molar-refractivity contribution in [2.75, 3.05) is 12.9 Å². The lowest BCUT2D eigenvalue weighted by Crippen LogP contribution is -2.20. The summed E-state index contributed by atoms with van der Waals surface area (Å²) in [7, 11) is -3.33. The first-order valence-electron chi connectivity index (χ1n) is 9.99. The Bertz CT molecular complexity index is 1240. The maximum absolute atomic E-state index is 13.5. The van der Waals surface area contributed by atoms with Crippen molar-refractivity contribution in [1.82, 2.24) is 4.98 Å². The quantitative estimate of drug-likeness (QED) is 0.543. The van der Waals surface area contributed by atoms with Crippen molar-refractivity contribution < 1.29 is 17.5 Å². The van der Waals surface area contributed by atoms with Gasteiger partial charge in [0.25, 0.3) is 0 Å². The molecule has 5 nitrogen and oxygen atoms in total. The number of benzene rings is 2. The third-order valence-corrected chi connectivity index (χ3v) is 6.63. The summed E-state index contributed by atoms with van der Waals surface area (Å²) in [5, 5.41) is 9.68. The van der Waals surface area contributed by atoms with Crippen LogP contribution in [0.3, 0.4) is 0 Å². The molecule has 0 unspecified atom stereocenters. The highest BCUT2D eigenvalue weighted by atomic mass is 32.2. The van der Waals surface area contributed by atoms with Crippen molar-refractivity contribution in [1.29, 1.82) is 5.26 Å². The second kappa shape index (κ2) is 8.48. The van der Waals surface area contributed by atoms with Gasteiger partial charge in [-0.05, 0) is 66.8 Å². The molecule has 1 aromatic heterocycles. The summed E-state index contributed by atoms with van der Waals surface area (Å²) in [5.74, 6) is 0.369. The first kappa shape index (κ1) is 21.0. The molecule has 1 aliphatic rings. The van der Waals surface area contributed by atoms with E-state index in [0.717, 1.165) is 19.1 Å². The summed E-state index contributed by atoms with van der Waals surface area (Å²) in [6, 6.07) is 16.2. The molecule has 4 rings (SSSR count). The van der Waals surface area contributed by atoms with Gasteiger partial charge < -0.3 is 4.74 Å². The summed E-state index contributed by atoms with van der Waals surface area (Å²) < 4.78 is 43.0. The third-order valence-electron chi connectivity index (χ3n) is 5.50. The van der Waals surface area contributed by atoms with Crippen LogP contribution in [0.25, 0.3) is 22.4 Å². The van der Waals surface area contributed by atoms with Gasteiger partial charge in [0.2, 0.25) is 5.88 Å². The number of nitriles is 1. The molecule has 0 amide bonds. The lowest BCUT2D eigenvalue weighted by molar-refractivity contribution is 0.175. The van der Waals surface area contributed by atoms with Crippen LogP contribution in [-0.4, -0.2) is 26.3 Å². The number of pyridine rings is 1. The minimum absolute atomic E-state index is 0.202. The van der Waals surface area contributed by atoms with E-state index in [1.165, 1.54) is 30.7 Å². The predicted molar refractivity (Wildman–Crippen MR) is 116 cm³/mol. The van der Waals surface area contributed by atoms with E-state index in [0.29, 0.717) is 40.5 Å². The van der Waals surface area contributed by atoms with E-state index in [1.54, 1.807) is 30.3 Å². The molecule has 1 heterocycles. The number of hydrogen-bond acceptors (Lipinski definition) is 5. The van der Waals surface area contributed by atoms with E-state index in [9.17, 15) is 18.1 Å². The minimum atomic E-state index is -3.33. The summed E-state index contributed by atoms with van der Waals surface area (Å²) in [5.41, 5.74) is 2.84. The SMILES string of the molecule is CS(=O)(=O)c1ccc(-c2cc(C#N)c(OCC3CCC3)nc2-c2ccc(F)cc2)cc1. The number of sulfone groups is 1. The molecule has 158 valence electrons. The first-order chi connectivity index (χ1) is 14.8. The molecular weight excluding hydrogens is 415 g/mol. The normalized spacial score (nSPS) is 14.0. The number of rotatable bonds is 6. The second-order valence-corrected chi connectivity index (χ2v) is 9.78. The van der Waals surface area contributed by atoms with Crippen LogP contribution in [0.15, 0.2) is 59.5 Å². The molecule has 0 saturated heterocycles. The van der Waals surface area contributed by atoms with Crippen LogP contribution >= 0.6 is 0 Å². The molecule has 1 saturated carbocycles. The zero-order valence-corrected chi connectivity index (χ0v) is 17.8. The van der Waals surface area contributed by atoms with Crippen molar-refractivity contribution >= 4 is 9.84 Å². The molecule has 0 atom stereocenters. The monoisotopic (exact) mass is 436 g/mol. The van der Waals surface area contributed by atoms with Crippen LogP contribution in [0, 0.1) is 23.1 Å². The highest BCUT2D eigenvalue weighted by molar-refractivity contribution is 7.90. The van der Waals surface area contributed by atoms with Gasteiger partial charge in [-0.1, -0.05) is 18.6 Å². The van der Waals surface area contributed by atoms with Gasteiger partial charge in [-0.3, -0.25) is 0 Å². The highest BCUT2D eigenvalue weighted by Gasteiger charge is 2.21. The molecule has 3 aromatic rings. The Morgan fingerprint density at radius 1 is 1.10 bits per heavy atom.